The minimum Gasteiger partial charge on any atom is -0.496 e. The van der Waals surface area contributed by atoms with Gasteiger partial charge >= 0.3 is 0 Å². The van der Waals surface area contributed by atoms with Gasteiger partial charge < -0.3 is 15.4 Å². The van der Waals surface area contributed by atoms with Crippen molar-refractivity contribution < 1.29 is 4.74 Å². The molecule has 0 spiro atoms. The Morgan fingerprint density at radius 1 is 1.06 bits per heavy atom. The van der Waals surface area contributed by atoms with Crippen molar-refractivity contribution in [2.24, 2.45) is 4.99 Å². The Morgan fingerprint density at radius 2 is 1.79 bits per heavy atom. The summed E-state index contributed by atoms with van der Waals surface area (Å²) in [6.07, 6.45) is 4.19. The van der Waals surface area contributed by atoms with E-state index in [-0.39, 0.29) is 30.0 Å². The molecular weight excluding hydrogens is 529 g/mol. The number of hydrogen-bond acceptors (Lipinski definition) is 5. The van der Waals surface area contributed by atoms with Crippen molar-refractivity contribution in [2.45, 2.75) is 25.4 Å². The minimum absolute atomic E-state index is 0. The van der Waals surface area contributed by atoms with Crippen LogP contribution in [0.5, 0.6) is 5.75 Å². The molecule has 0 radical (unpaired) electrons. The molecule has 176 valence electrons. The third-order valence-electron chi connectivity index (χ3n) is 5.83. The second kappa shape index (κ2) is 12.5. The van der Waals surface area contributed by atoms with Gasteiger partial charge in [-0.15, -0.1) is 34.2 Å². The summed E-state index contributed by atoms with van der Waals surface area (Å²) in [4.78, 5) is 6.93. The van der Waals surface area contributed by atoms with Gasteiger partial charge in [0.15, 0.2) is 11.8 Å². The fraction of sp³-hybridized carbons (Fsp3) is 0.375. The van der Waals surface area contributed by atoms with Gasteiger partial charge in [0, 0.05) is 24.8 Å². The van der Waals surface area contributed by atoms with E-state index in [9.17, 15) is 0 Å². The molecule has 1 unspecified atom stereocenters. The van der Waals surface area contributed by atoms with Crippen LogP contribution in [0, 0.1) is 0 Å². The number of aliphatic imine (C=N–C) groups is 1. The molecule has 1 fully saturated rings. The first-order chi connectivity index (χ1) is 15.8. The van der Waals surface area contributed by atoms with Gasteiger partial charge in [0.05, 0.1) is 19.7 Å². The molecule has 0 aliphatic carbocycles. The number of nitrogens with one attached hydrogen (secondary N) is 2. The second-order valence-electron chi connectivity index (χ2n) is 7.76. The lowest BCUT2D eigenvalue weighted by Crippen LogP contribution is -2.42. The van der Waals surface area contributed by atoms with E-state index in [0.29, 0.717) is 6.54 Å². The summed E-state index contributed by atoms with van der Waals surface area (Å²) in [6, 6.07) is 18.6. The van der Waals surface area contributed by atoms with Gasteiger partial charge in [0.25, 0.3) is 0 Å². The van der Waals surface area contributed by atoms with Gasteiger partial charge in [0.1, 0.15) is 12.1 Å². The molecule has 0 amide bonds. The average Bonchev–Trinajstić information content (AvgIpc) is 3.54. The van der Waals surface area contributed by atoms with Crippen LogP contribution in [0.4, 0.5) is 0 Å². The van der Waals surface area contributed by atoms with Gasteiger partial charge in [0.2, 0.25) is 0 Å². The number of hydrogen-bond donors (Lipinski definition) is 2. The topological polar surface area (TPSA) is 79.6 Å². The van der Waals surface area contributed by atoms with Crippen LogP contribution in [-0.4, -0.2) is 59.4 Å². The number of methoxy groups -OCH3 is 1. The van der Waals surface area contributed by atoms with E-state index in [4.69, 9.17) is 4.74 Å². The zero-order chi connectivity index (χ0) is 22.2. The number of para-hydroxylation sites is 2. The molecule has 1 aliphatic heterocycles. The third kappa shape index (κ3) is 6.23. The highest BCUT2D eigenvalue weighted by atomic mass is 127. The van der Waals surface area contributed by atoms with Crippen molar-refractivity contribution in [1.82, 2.24) is 30.3 Å². The molecule has 33 heavy (non-hydrogen) atoms. The molecular formula is C24H32IN7O. The van der Waals surface area contributed by atoms with Crippen LogP contribution in [0.2, 0.25) is 0 Å². The lowest BCUT2D eigenvalue weighted by molar-refractivity contribution is 0.239. The monoisotopic (exact) mass is 561 g/mol. The molecule has 2 N–H and O–H groups in total. The van der Waals surface area contributed by atoms with Crippen LogP contribution in [0.3, 0.4) is 0 Å². The highest BCUT2D eigenvalue weighted by Crippen LogP contribution is 2.31. The first kappa shape index (κ1) is 25.0. The van der Waals surface area contributed by atoms with Crippen LogP contribution in [0.25, 0.3) is 5.69 Å². The molecule has 1 atom stereocenters. The number of rotatable bonds is 8. The van der Waals surface area contributed by atoms with Crippen molar-refractivity contribution in [3.63, 3.8) is 0 Å². The van der Waals surface area contributed by atoms with Crippen molar-refractivity contribution in [3.05, 3.63) is 72.3 Å². The number of nitrogens with zero attached hydrogens (tertiary/aromatic N) is 5. The molecule has 1 saturated heterocycles. The number of halogens is 1. The Balaban J connectivity index is 0.00000306. The lowest BCUT2D eigenvalue weighted by atomic mass is 10.0. The molecule has 8 nitrogen and oxygen atoms in total. The predicted molar refractivity (Wildman–Crippen MR) is 142 cm³/mol. The summed E-state index contributed by atoms with van der Waals surface area (Å²) in [5.41, 5.74) is 2.23. The number of ether oxygens (including phenoxy) is 1. The Labute approximate surface area is 212 Å². The second-order valence-corrected chi connectivity index (χ2v) is 7.76. The molecule has 9 heteroatoms. The van der Waals surface area contributed by atoms with Crippen LogP contribution >= 0.6 is 24.0 Å². The largest absolute Gasteiger partial charge is 0.496 e. The fourth-order valence-corrected chi connectivity index (χ4v) is 4.19. The fourth-order valence-electron chi connectivity index (χ4n) is 4.19. The standard InChI is InChI=1S/C24H31N7O.HI/c1-25-24(27-17-23-29-28-18-31(23)19-10-4-3-5-11-19)26-16-21(30-14-8-9-15-30)20-12-6-7-13-22(20)32-2;/h3-7,10-13,18,21H,8-9,14-17H2,1-2H3,(H2,25,26,27);1H. The number of guanidine groups is 1. The maximum absolute atomic E-state index is 5.65. The summed E-state index contributed by atoms with van der Waals surface area (Å²) < 4.78 is 7.63. The molecule has 1 aliphatic rings. The summed E-state index contributed by atoms with van der Waals surface area (Å²) in [6.45, 7) is 3.43. The van der Waals surface area contributed by atoms with Crippen molar-refractivity contribution >= 4 is 29.9 Å². The summed E-state index contributed by atoms with van der Waals surface area (Å²) in [5, 5.41) is 15.2. The smallest absolute Gasteiger partial charge is 0.191 e. The zero-order valence-electron chi connectivity index (χ0n) is 19.1. The molecule has 4 rings (SSSR count). The first-order valence-corrected chi connectivity index (χ1v) is 11.1. The molecule has 2 heterocycles. The van der Waals surface area contributed by atoms with Crippen LogP contribution in [0.1, 0.15) is 30.3 Å². The highest BCUT2D eigenvalue weighted by molar-refractivity contribution is 14.0. The predicted octanol–water partition coefficient (Wildman–Crippen LogP) is 3.40. The summed E-state index contributed by atoms with van der Waals surface area (Å²) in [7, 11) is 3.52. The summed E-state index contributed by atoms with van der Waals surface area (Å²) in [5.74, 6) is 2.47. The number of likely N-dealkylation sites (tertiary alicyclic amines) is 1. The van der Waals surface area contributed by atoms with E-state index in [2.05, 4.69) is 42.9 Å². The number of aromatic nitrogens is 3. The van der Waals surface area contributed by atoms with Crippen molar-refractivity contribution in [3.8, 4) is 11.4 Å². The first-order valence-electron chi connectivity index (χ1n) is 11.1. The van der Waals surface area contributed by atoms with Crippen molar-refractivity contribution in [1.29, 1.82) is 0 Å². The third-order valence-corrected chi connectivity index (χ3v) is 5.83. The Kier molecular flexibility index (Phi) is 9.49. The highest BCUT2D eigenvalue weighted by Gasteiger charge is 2.26. The van der Waals surface area contributed by atoms with Crippen LogP contribution < -0.4 is 15.4 Å². The maximum atomic E-state index is 5.65. The van der Waals surface area contributed by atoms with E-state index in [1.54, 1.807) is 20.5 Å². The van der Waals surface area contributed by atoms with Gasteiger partial charge in [-0.05, 0) is 44.1 Å². The Morgan fingerprint density at radius 3 is 2.52 bits per heavy atom. The van der Waals surface area contributed by atoms with Crippen molar-refractivity contribution in [2.75, 3.05) is 33.8 Å². The normalized spacial score (nSPS) is 15.0. The van der Waals surface area contributed by atoms with E-state index in [0.717, 1.165) is 42.9 Å². The molecule has 3 aromatic rings. The van der Waals surface area contributed by atoms with Crippen LogP contribution in [-0.2, 0) is 6.54 Å². The minimum atomic E-state index is 0. The zero-order valence-corrected chi connectivity index (χ0v) is 21.5. The molecule has 1 aromatic heterocycles. The van der Waals surface area contributed by atoms with E-state index in [1.807, 2.05) is 47.0 Å². The van der Waals surface area contributed by atoms with E-state index in [1.165, 1.54) is 18.4 Å². The average molecular weight is 561 g/mol. The quantitative estimate of drug-likeness (QED) is 0.250. The molecule has 2 aromatic carbocycles. The Hall–Kier alpha value is -2.66. The maximum Gasteiger partial charge on any atom is 0.191 e. The lowest BCUT2D eigenvalue weighted by Gasteiger charge is -2.30. The van der Waals surface area contributed by atoms with Gasteiger partial charge in [-0.2, -0.15) is 0 Å². The van der Waals surface area contributed by atoms with E-state index < -0.39 is 0 Å². The van der Waals surface area contributed by atoms with Crippen LogP contribution in [0.15, 0.2) is 65.9 Å². The summed E-state index contributed by atoms with van der Waals surface area (Å²) >= 11 is 0. The molecule has 0 bridgehead atoms. The van der Waals surface area contributed by atoms with E-state index >= 15 is 0 Å². The number of benzene rings is 2. The van der Waals surface area contributed by atoms with Gasteiger partial charge in [-0.3, -0.25) is 14.5 Å². The SMILES string of the molecule is CN=C(NCc1nncn1-c1ccccc1)NCC(c1ccccc1OC)N1CCCC1.I. The van der Waals surface area contributed by atoms with Gasteiger partial charge in [-0.1, -0.05) is 36.4 Å². The Bertz CT molecular complexity index is 1020. The van der Waals surface area contributed by atoms with Gasteiger partial charge in [-0.25, -0.2) is 0 Å². The molecule has 0 saturated carbocycles.